The van der Waals surface area contributed by atoms with Crippen LogP contribution in [0.1, 0.15) is 5.56 Å². The number of nitrogens with one attached hydrogen (secondary N) is 1. The molecule has 0 spiro atoms. The van der Waals surface area contributed by atoms with Gasteiger partial charge in [-0.3, -0.25) is 0 Å². The van der Waals surface area contributed by atoms with Crippen molar-refractivity contribution in [3.8, 4) is 0 Å². The number of rotatable bonds is 6. The number of pyridine rings is 1. The van der Waals surface area contributed by atoms with Gasteiger partial charge >= 0.3 is 0 Å². The first kappa shape index (κ1) is 11.3. The molecule has 0 unspecified atom stereocenters. The van der Waals surface area contributed by atoms with Crippen LogP contribution in [0.25, 0.3) is 0 Å². The Bertz CT molecular complexity index is 270. The van der Waals surface area contributed by atoms with Crippen molar-refractivity contribution in [2.75, 3.05) is 24.9 Å². The van der Waals surface area contributed by atoms with Crippen LogP contribution in [-0.4, -0.2) is 24.5 Å². The lowest BCUT2D eigenvalue weighted by Gasteiger charge is -2.03. The summed E-state index contributed by atoms with van der Waals surface area (Å²) in [5.74, 6) is 7.92. The van der Waals surface area contributed by atoms with Gasteiger partial charge in [-0.1, -0.05) is 0 Å². The first-order valence-electron chi connectivity index (χ1n) is 4.35. The minimum absolute atomic E-state index is 0.704. The first-order valence-corrected chi connectivity index (χ1v) is 5.50. The van der Waals surface area contributed by atoms with Gasteiger partial charge in [-0.05, 0) is 17.7 Å². The van der Waals surface area contributed by atoms with Crippen LogP contribution >= 0.6 is 11.8 Å². The zero-order valence-electron chi connectivity index (χ0n) is 8.19. The molecule has 0 aliphatic rings. The fraction of sp³-hybridized carbons (Fsp3) is 0.444. The molecule has 1 aromatic heterocycles. The Morgan fingerprint density at radius 2 is 2.50 bits per heavy atom. The summed E-state index contributed by atoms with van der Waals surface area (Å²) in [6.45, 7) is 0.789. The lowest BCUT2D eigenvalue weighted by molar-refractivity contribution is 0.218. The number of hydrogen-bond acceptors (Lipinski definition) is 5. The number of nitrogen functional groups attached to an aromatic ring is 1. The third-order valence-electron chi connectivity index (χ3n) is 1.67. The maximum absolute atomic E-state index is 5.26. The summed E-state index contributed by atoms with van der Waals surface area (Å²) in [6, 6.07) is 3.93. The molecule has 0 saturated heterocycles. The van der Waals surface area contributed by atoms with Crippen molar-refractivity contribution < 1.29 is 4.74 Å². The van der Waals surface area contributed by atoms with Crippen molar-refractivity contribution in [1.82, 2.24) is 4.98 Å². The number of hydrogen-bond donors (Lipinski definition) is 2. The van der Waals surface area contributed by atoms with E-state index in [1.54, 1.807) is 13.3 Å². The van der Waals surface area contributed by atoms with Crippen LogP contribution < -0.4 is 11.3 Å². The quantitative estimate of drug-likeness (QED) is 0.423. The Morgan fingerprint density at radius 3 is 3.21 bits per heavy atom. The smallest absolute Gasteiger partial charge is 0.140 e. The summed E-state index contributed by atoms with van der Waals surface area (Å²) in [5.41, 5.74) is 3.74. The molecule has 0 saturated carbocycles. The highest BCUT2D eigenvalue weighted by Gasteiger charge is 1.95. The van der Waals surface area contributed by atoms with Crippen molar-refractivity contribution in [3.05, 3.63) is 23.9 Å². The second kappa shape index (κ2) is 6.64. The van der Waals surface area contributed by atoms with Crippen molar-refractivity contribution in [2.24, 2.45) is 5.84 Å². The molecule has 1 heterocycles. The predicted octanol–water partition coefficient (Wildman–Crippen LogP) is 1.25. The van der Waals surface area contributed by atoms with Gasteiger partial charge in [0.15, 0.2) is 0 Å². The molecule has 3 N–H and O–H groups in total. The predicted molar refractivity (Wildman–Crippen MR) is 60.1 cm³/mol. The number of nitrogens with two attached hydrogens (primary N) is 1. The first-order chi connectivity index (χ1) is 6.86. The van der Waals surface area contributed by atoms with Gasteiger partial charge in [0, 0.05) is 24.8 Å². The summed E-state index contributed by atoms with van der Waals surface area (Å²) in [5, 5.41) is 0. The average Bonchev–Trinajstić information content (AvgIpc) is 2.25. The van der Waals surface area contributed by atoms with Crippen LogP contribution in [0.2, 0.25) is 0 Å². The second-order valence-corrected chi connectivity index (χ2v) is 3.84. The number of thioether (sulfide) groups is 1. The van der Waals surface area contributed by atoms with Gasteiger partial charge < -0.3 is 10.2 Å². The number of ether oxygens (including phenoxy) is 1. The summed E-state index contributed by atoms with van der Waals surface area (Å²) in [6.07, 6.45) is 1.75. The van der Waals surface area contributed by atoms with Crippen LogP contribution in [0.4, 0.5) is 5.82 Å². The molecule has 0 fully saturated rings. The van der Waals surface area contributed by atoms with Crippen LogP contribution in [0.5, 0.6) is 0 Å². The standard InChI is InChI=1S/C9H15N3OS/c1-13-4-5-14-7-8-2-3-11-9(6-8)12-10/h2-3,6H,4-5,7,10H2,1H3,(H,11,12). The Labute approximate surface area is 88.2 Å². The maximum atomic E-state index is 5.26. The molecule has 78 valence electrons. The van der Waals surface area contributed by atoms with Crippen LogP contribution in [0, 0.1) is 0 Å². The third kappa shape index (κ3) is 3.95. The lowest BCUT2D eigenvalue weighted by Crippen LogP contribution is -2.08. The Hall–Kier alpha value is -0.780. The molecule has 0 aliphatic heterocycles. The Morgan fingerprint density at radius 1 is 1.64 bits per heavy atom. The molecule has 5 heteroatoms. The van der Waals surface area contributed by atoms with Gasteiger partial charge in [0.1, 0.15) is 5.82 Å². The molecule has 1 rings (SSSR count). The van der Waals surface area contributed by atoms with Crippen molar-refractivity contribution in [2.45, 2.75) is 5.75 Å². The SMILES string of the molecule is COCCSCc1ccnc(NN)c1. The molecule has 0 radical (unpaired) electrons. The summed E-state index contributed by atoms with van der Waals surface area (Å²) >= 11 is 1.83. The highest BCUT2D eigenvalue weighted by atomic mass is 32.2. The number of nitrogens with zero attached hydrogens (tertiary/aromatic N) is 1. The third-order valence-corrected chi connectivity index (χ3v) is 2.67. The van der Waals surface area contributed by atoms with E-state index in [9.17, 15) is 0 Å². The van der Waals surface area contributed by atoms with Crippen LogP contribution in [0.3, 0.4) is 0 Å². The summed E-state index contributed by atoms with van der Waals surface area (Å²) in [4.78, 5) is 4.03. The van der Waals surface area contributed by atoms with Crippen molar-refractivity contribution in [3.63, 3.8) is 0 Å². The van der Waals surface area contributed by atoms with Gasteiger partial charge in [-0.25, -0.2) is 10.8 Å². The minimum Gasteiger partial charge on any atom is -0.384 e. The largest absolute Gasteiger partial charge is 0.384 e. The normalized spacial score (nSPS) is 10.1. The van der Waals surface area contributed by atoms with Gasteiger partial charge in [0.05, 0.1) is 6.61 Å². The average molecular weight is 213 g/mol. The highest BCUT2D eigenvalue weighted by Crippen LogP contribution is 2.13. The van der Waals surface area contributed by atoms with E-state index in [4.69, 9.17) is 10.6 Å². The molecule has 4 nitrogen and oxygen atoms in total. The van der Waals surface area contributed by atoms with E-state index in [2.05, 4.69) is 10.4 Å². The molecule has 0 atom stereocenters. The number of anilines is 1. The number of methoxy groups -OCH3 is 1. The zero-order chi connectivity index (χ0) is 10.2. The fourth-order valence-electron chi connectivity index (χ4n) is 0.975. The number of aromatic nitrogens is 1. The molecule has 0 aromatic carbocycles. The van der Waals surface area contributed by atoms with Gasteiger partial charge in [0.25, 0.3) is 0 Å². The van der Waals surface area contributed by atoms with E-state index < -0.39 is 0 Å². The summed E-state index contributed by atoms with van der Waals surface area (Å²) < 4.78 is 4.96. The minimum atomic E-state index is 0.704. The van der Waals surface area contributed by atoms with Crippen LogP contribution in [0.15, 0.2) is 18.3 Å². The topological polar surface area (TPSA) is 60.2 Å². The van der Waals surface area contributed by atoms with E-state index in [0.717, 1.165) is 18.1 Å². The lowest BCUT2D eigenvalue weighted by atomic mass is 10.3. The maximum Gasteiger partial charge on any atom is 0.140 e. The fourth-order valence-corrected chi connectivity index (χ4v) is 1.82. The number of hydrazine groups is 1. The Kier molecular flexibility index (Phi) is 5.36. The summed E-state index contributed by atoms with van der Waals surface area (Å²) in [7, 11) is 1.71. The zero-order valence-corrected chi connectivity index (χ0v) is 9.01. The Balaban J connectivity index is 2.34. The van der Waals surface area contributed by atoms with Crippen molar-refractivity contribution in [1.29, 1.82) is 0 Å². The molecular formula is C9H15N3OS. The van der Waals surface area contributed by atoms with Crippen molar-refractivity contribution >= 4 is 17.6 Å². The van der Waals surface area contributed by atoms with E-state index >= 15 is 0 Å². The van der Waals surface area contributed by atoms with Gasteiger partial charge in [-0.2, -0.15) is 11.8 Å². The van der Waals surface area contributed by atoms with E-state index in [0.29, 0.717) is 5.82 Å². The highest BCUT2D eigenvalue weighted by molar-refractivity contribution is 7.98. The molecule has 0 aliphatic carbocycles. The molecule has 0 bridgehead atoms. The molecular weight excluding hydrogens is 198 g/mol. The molecule has 0 amide bonds. The van der Waals surface area contributed by atoms with Gasteiger partial charge in [0.2, 0.25) is 0 Å². The second-order valence-electron chi connectivity index (χ2n) is 2.74. The van der Waals surface area contributed by atoms with Gasteiger partial charge in [-0.15, -0.1) is 0 Å². The van der Waals surface area contributed by atoms with E-state index in [1.165, 1.54) is 5.56 Å². The van der Waals surface area contributed by atoms with E-state index in [-0.39, 0.29) is 0 Å². The molecule has 14 heavy (non-hydrogen) atoms. The van der Waals surface area contributed by atoms with Crippen LogP contribution in [-0.2, 0) is 10.5 Å². The molecule has 1 aromatic rings. The monoisotopic (exact) mass is 213 g/mol. The van der Waals surface area contributed by atoms with E-state index in [1.807, 2.05) is 23.9 Å².